The second-order valence-electron chi connectivity index (χ2n) is 7.87. The first-order valence-corrected chi connectivity index (χ1v) is 10.7. The van der Waals surface area contributed by atoms with Gasteiger partial charge >= 0.3 is 0 Å². The number of likely N-dealkylation sites (tertiary alicyclic amines) is 1. The Kier molecular flexibility index (Phi) is 8.31. The van der Waals surface area contributed by atoms with Gasteiger partial charge < -0.3 is 25.2 Å². The van der Waals surface area contributed by atoms with Gasteiger partial charge in [0.15, 0.2) is 5.96 Å². The summed E-state index contributed by atoms with van der Waals surface area (Å²) in [6.45, 7) is 6.22. The molecule has 0 aromatic heterocycles. The predicted molar refractivity (Wildman–Crippen MR) is 116 cm³/mol. The Morgan fingerprint density at radius 2 is 1.90 bits per heavy atom. The zero-order valence-electron chi connectivity index (χ0n) is 17.8. The topological polar surface area (TPSA) is 69.2 Å². The highest BCUT2D eigenvalue weighted by molar-refractivity contribution is 5.80. The van der Waals surface area contributed by atoms with Crippen molar-refractivity contribution in [2.45, 2.75) is 44.8 Å². The van der Waals surface area contributed by atoms with E-state index in [1.807, 2.05) is 17.0 Å². The third-order valence-electron chi connectivity index (χ3n) is 5.82. The fraction of sp³-hybridized carbons (Fsp3) is 0.636. The summed E-state index contributed by atoms with van der Waals surface area (Å²) < 4.78 is 5.16. The number of rotatable bonds is 8. The van der Waals surface area contributed by atoms with Crippen molar-refractivity contribution >= 4 is 11.9 Å². The van der Waals surface area contributed by atoms with E-state index in [0.29, 0.717) is 12.5 Å². The van der Waals surface area contributed by atoms with Gasteiger partial charge in [0.25, 0.3) is 0 Å². The van der Waals surface area contributed by atoms with Crippen LogP contribution in [0.3, 0.4) is 0 Å². The van der Waals surface area contributed by atoms with Crippen molar-refractivity contribution in [3.05, 3.63) is 35.4 Å². The summed E-state index contributed by atoms with van der Waals surface area (Å²) in [4.78, 5) is 21.2. The quantitative estimate of drug-likeness (QED) is 0.393. The molecule has 0 atom stereocenters. The molecule has 1 aromatic rings. The Morgan fingerprint density at radius 3 is 2.52 bits per heavy atom. The number of piperidine rings is 1. The molecule has 2 aliphatic heterocycles. The zero-order valence-corrected chi connectivity index (χ0v) is 17.8. The molecule has 0 saturated carbocycles. The number of benzene rings is 1. The number of methoxy groups -OCH3 is 1. The number of hydrogen-bond donors (Lipinski definition) is 2. The van der Waals surface area contributed by atoms with E-state index in [1.165, 1.54) is 11.1 Å². The first-order chi connectivity index (χ1) is 14.2. The van der Waals surface area contributed by atoms with Crippen LogP contribution in [0, 0.1) is 0 Å². The second kappa shape index (κ2) is 11.2. The summed E-state index contributed by atoms with van der Waals surface area (Å²) in [5.74, 6) is 1.07. The van der Waals surface area contributed by atoms with Crippen molar-refractivity contribution in [1.29, 1.82) is 0 Å². The lowest BCUT2D eigenvalue weighted by Gasteiger charge is -2.32. The third kappa shape index (κ3) is 6.44. The summed E-state index contributed by atoms with van der Waals surface area (Å²) >= 11 is 0. The summed E-state index contributed by atoms with van der Waals surface area (Å²) in [6, 6.07) is 8.76. The number of guanidine groups is 1. The SMILES string of the molecule is CN=C(NCCCC(=O)N1Cc2ccccc2C1)NC1CCN(CCOC)CC1. The fourth-order valence-electron chi connectivity index (χ4n) is 4.02. The Labute approximate surface area is 174 Å². The lowest BCUT2D eigenvalue weighted by molar-refractivity contribution is -0.131. The smallest absolute Gasteiger partial charge is 0.223 e. The number of nitrogens with zero attached hydrogens (tertiary/aromatic N) is 3. The van der Waals surface area contributed by atoms with Crippen LogP contribution in [0.15, 0.2) is 29.3 Å². The first kappa shape index (κ1) is 21.6. The number of fused-ring (bicyclic) bond motifs is 1. The molecule has 160 valence electrons. The van der Waals surface area contributed by atoms with Crippen molar-refractivity contribution in [3.63, 3.8) is 0 Å². The zero-order chi connectivity index (χ0) is 20.5. The van der Waals surface area contributed by atoms with E-state index in [2.05, 4.69) is 32.7 Å². The van der Waals surface area contributed by atoms with Gasteiger partial charge in [-0.2, -0.15) is 0 Å². The van der Waals surface area contributed by atoms with E-state index >= 15 is 0 Å². The Morgan fingerprint density at radius 1 is 1.21 bits per heavy atom. The monoisotopic (exact) mass is 401 g/mol. The molecule has 3 rings (SSSR count). The van der Waals surface area contributed by atoms with Crippen LogP contribution in [0.4, 0.5) is 0 Å². The molecule has 0 unspecified atom stereocenters. The van der Waals surface area contributed by atoms with E-state index in [9.17, 15) is 4.79 Å². The first-order valence-electron chi connectivity index (χ1n) is 10.7. The number of nitrogens with one attached hydrogen (secondary N) is 2. The number of carbonyl (C=O) groups excluding carboxylic acids is 1. The third-order valence-corrected chi connectivity index (χ3v) is 5.82. The van der Waals surface area contributed by atoms with Gasteiger partial charge in [-0.25, -0.2) is 0 Å². The van der Waals surface area contributed by atoms with Crippen molar-refractivity contribution in [2.75, 3.05) is 46.9 Å². The molecule has 7 nitrogen and oxygen atoms in total. The Bertz CT molecular complexity index is 661. The van der Waals surface area contributed by atoms with Gasteiger partial charge in [-0.15, -0.1) is 0 Å². The Balaban J connectivity index is 1.30. The van der Waals surface area contributed by atoms with Crippen LogP contribution < -0.4 is 10.6 Å². The highest BCUT2D eigenvalue weighted by Gasteiger charge is 2.22. The normalized spacial score (nSPS) is 18.0. The standard InChI is InChI=1S/C22H35N5O2/c1-23-22(25-20-9-12-26(13-10-20)14-15-29-2)24-11-5-8-21(28)27-16-18-6-3-4-7-19(18)17-27/h3-4,6-7,20H,5,8-17H2,1-2H3,(H2,23,24,25). The fourth-order valence-corrected chi connectivity index (χ4v) is 4.02. The van der Waals surface area contributed by atoms with Crippen LogP contribution in [-0.2, 0) is 22.6 Å². The van der Waals surface area contributed by atoms with Crippen molar-refractivity contribution in [2.24, 2.45) is 4.99 Å². The maximum atomic E-state index is 12.5. The molecule has 1 aromatic carbocycles. The minimum absolute atomic E-state index is 0.231. The molecule has 1 fully saturated rings. The Hall–Kier alpha value is -2.12. The minimum atomic E-state index is 0.231. The maximum absolute atomic E-state index is 12.5. The van der Waals surface area contributed by atoms with E-state index < -0.39 is 0 Å². The molecule has 0 spiro atoms. The molecule has 1 amide bonds. The minimum Gasteiger partial charge on any atom is -0.383 e. The highest BCUT2D eigenvalue weighted by Crippen LogP contribution is 2.22. The van der Waals surface area contributed by atoms with E-state index in [1.54, 1.807) is 14.2 Å². The molecule has 29 heavy (non-hydrogen) atoms. The van der Waals surface area contributed by atoms with E-state index in [4.69, 9.17) is 4.74 Å². The van der Waals surface area contributed by atoms with Crippen LogP contribution >= 0.6 is 0 Å². The average Bonchev–Trinajstić information content (AvgIpc) is 3.19. The second-order valence-corrected chi connectivity index (χ2v) is 7.87. The molecule has 2 heterocycles. The van der Waals surface area contributed by atoms with Crippen LogP contribution in [0.1, 0.15) is 36.8 Å². The average molecular weight is 402 g/mol. The van der Waals surface area contributed by atoms with E-state index in [0.717, 1.165) is 71.1 Å². The summed E-state index contributed by atoms with van der Waals surface area (Å²) in [5, 5.41) is 6.88. The predicted octanol–water partition coefficient (Wildman–Crippen LogP) is 1.58. The van der Waals surface area contributed by atoms with Crippen LogP contribution in [0.25, 0.3) is 0 Å². The molecule has 0 bridgehead atoms. The number of carbonyl (C=O) groups is 1. The van der Waals surface area contributed by atoms with Crippen LogP contribution in [0.2, 0.25) is 0 Å². The molecule has 7 heteroatoms. The number of hydrogen-bond acceptors (Lipinski definition) is 4. The molecule has 2 aliphatic rings. The van der Waals surface area contributed by atoms with Gasteiger partial charge in [-0.3, -0.25) is 9.79 Å². The molecule has 0 radical (unpaired) electrons. The summed E-state index contributed by atoms with van der Waals surface area (Å²) in [5.41, 5.74) is 2.55. The maximum Gasteiger partial charge on any atom is 0.223 e. The van der Waals surface area contributed by atoms with Gasteiger partial charge in [0.1, 0.15) is 0 Å². The molecule has 1 saturated heterocycles. The van der Waals surface area contributed by atoms with Crippen LogP contribution in [-0.4, -0.2) is 74.7 Å². The molecular weight excluding hydrogens is 366 g/mol. The highest BCUT2D eigenvalue weighted by atomic mass is 16.5. The largest absolute Gasteiger partial charge is 0.383 e. The lowest BCUT2D eigenvalue weighted by atomic mass is 10.1. The molecule has 0 aliphatic carbocycles. The number of amides is 1. The van der Waals surface area contributed by atoms with Gasteiger partial charge in [0.2, 0.25) is 5.91 Å². The lowest BCUT2D eigenvalue weighted by Crippen LogP contribution is -2.49. The van der Waals surface area contributed by atoms with Gasteiger partial charge in [0, 0.05) is 65.9 Å². The van der Waals surface area contributed by atoms with Crippen molar-refractivity contribution in [3.8, 4) is 0 Å². The van der Waals surface area contributed by atoms with Crippen molar-refractivity contribution in [1.82, 2.24) is 20.4 Å². The van der Waals surface area contributed by atoms with Crippen molar-refractivity contribution < 1.29 is 9.53 Å². The number of aliphatic imine (C=N–C) groups is 1. The number of ether oxygens (including phenoxy) is 1. The van der Waals surface area contributed by atoms with Gasteiger partial charge in [-0.05, 0) is 30.4 Å². The van der Waals surface area contributed by atoms with Gasteiger partial charge in [-0.1, -0.05) is 24.3 Å². The molecular formula is C22H35N5O2. The summed E-state index contributed by atoms with van der Waals surface area (Å²) in [6.07, 6.45) is 3.59. The summed E-state index contributed by atoms with van der Waals surface area (Å²) in [7, 11) is 3.55. The van der Waals surface area contributed by atoms with Gasteiger partial charge in [0.05, 0.1) is 6.61 Å². The van der Waals surface area contributed by atoms with Crippen LogP contribution in [0.5, 0.6) is 0 Å². The van der Waals surface area contributed by atoms with E-state index in [-0.39, 0.29) is 5.91 Å². The molecule has 2 N–H and O–H groups in total.